The number of aliphatic carboxylic acids is 2. The van der Waals surface area contributed by atoms with Crippen molar-refractivity contribution < 1.29 is 39.4 Å². The Hall–Kier alpha value is -4.03. The van der Waals surface area contributed by atoms with Gasteiger partial charge in [0.15, 0.2) is 6.10 Å². The number of carbonyl (C=O) groups excluding carboxylic acids is 2. The summed E-state index contributed by atoms with van der Waals surface area (Å²) in [5.41, 5.74) is -0.388. The molecule has 37 heavy (non-hydrogen) atoms. The van der Waals surface area contributed by atoms with Crippen LogP contribution in [-0.2, 0) is 19.2 Å². The predicted molar refractivity (Wildman–Crippen MR) is 124 cm³/mol. The fourth-order valence-electron chi connectivity index (χ4n) is 3.78. The van der Waals surface area contributed by atoms with E-state index in [-0.39, 0.29) is 27.7 Å². The summed E-state index contributed by atoms with van der Waals surface area (Å²) in [7, 11) is 0. The van der Waals surface area contributed by atoms with Crippen molar-refractivity contribution in [1.29, 1.82) is 0 Å². The van der Waals surface area contributed by atoms with Crippen molar-refractivity contribution >= 4 is 53.0 Å². The van der Waals surface area contributed by atoms with Crippen LogP contribution in [0.3, 0.4) is 0 Å². The number of hydrogen-bond donors (Lipinski definition) is 5. The van der Waals surface area contributed by atoms with Crippen molar-refractivity contribution in [2.24, 2.45) is 0 Å². The van der Waals surface area contributed by atoms with Gasteiger partial charge in [-0.05, 0) is 28.5 Å². The van der Waals surface area contributed by atoms with E-state index in [0.717, 1.165) is 40.6 Å². The van der Waals surface area contributed by atoms with Gasteiger partial charge in [0.2, 0.25) is 5.16 Å². The van der Waals surface area contributed by atoms with Crippen molar-refractivity contribution in [3.8, 4) is 0 Å². The molecule has 18 heteroatoms. The number of aromatic amines is 1. The van der Waals surface area contributed by atoms with E-state index >= 15 is 0 Å². The molecule has 0 bridgehead atoms. The molecule has 2 aromatic rings. The minimum atomic E-state index is -1.73. The van der Waals surface area contributed by atoms with Crippen LogP contribution in [0.1, 0.15) is 18.1 Å². The molecular weight excluding hydrogens is 534 g/mol. The van der Waals surface area contributed by atoms with Gasteiger partial charge in [-0.2, -0.15) is 5.21 Å². The number of aromatic nitrogens is 4. The lowest BCUT2D eigenvalue weighted by Gasteiger charge is -2.50. The van der Waals surface area contributed by atoms with Crippen LogP contribution in [0.25, 0.3) is 0 Å². The zero-order chi connectivity index (χ0) is 26.9. The number of thioether (sulfide) groups is 2. The van der Waals surface area contributed by atoms with Crippen LogP contribution in [0.2, 0.25) is 0 Å². The highest BCUT2D eigenvalue weighted by atomic mass is 32.2. The predicted octanol–water partition coefficient (Wildman–Crippen LogP) is -0.484. The Morgan fingerprint density at radius 3 is 2.57 bits per heavy atom. The van der Waals surface area contributed by atoms with Gasteiger partial charge in [0.05, 0.1) is 11.3 Å². The monoisotopic (exact) mass is 551 g/mol. The lowest BCUT2D eigenvalue weighted by Crippen LogP contribution is -2.71. The number of amides is 2. The third-order valence-corrected chi connectivity index (χ3v) is 7.91. The summed E-state index contributed by atoms with van der Waals surface area (Å²) < 4.78 is 0. The van der Waals surface area contributed by atoms with Gasteiger partial charge in [-0.3, -0.25) is 29.4 Å². The lowest BCUT2D eigenvalue weighted by molar-refractivity contribution is -0.384. The largest absolute Gasteiger partial charge is 0.481 e. The Morgan fingerprint density at radius 2 is 2.00 bits per heavy atom. The van der Waals surface area contributed by atoms with Gasteiger partial charge in [-0.15, -0.1) is 22.0 Å². The number of tetrazole rings is 1. The number of non-ortho nitro benzene ring substituents is 1. The Morgan fingerprint density at radius 1 is 1.30 bits per heavy atom. The smallest absolute Gasteiger partial charge is 0.352 e. The Balaban J connectivity index is 1.52. The zero-order valence-corrected chi connectivity index (χ0v) is 20.0. The number of benzene rings is 1. The van der Waals surface area contributed by atoms with Gasteiger partial charge < -0.3 is 20.6 Å². The first kappa shape index (κ1) is 26.0. The molecule has 3 heterocycles. The number of β-lactam (4-membered cyclic amide) rings is 1. The minimum Gasteiger partial charge on any atom is -0.481 e. The molecule has 0 aliphatic carbocycles. The van der Waals surface area contributed by atoms with Crippen LogP contribution in [0, 0.1) is 10.1 Å². The number of carbonyl (C=O) groups is 4. The molecule has 3 unspecified atom stereocenters. The number of hydrogen-bond acceptors (Lipinski definition) is 12. The highest BCUT2D eigenvalue weighted by Crippen LogP contribution is 2.44. The van der Waals surface area contributed by atoms with Gasteiger partial charge in [-0.1, -0.05) is 11.8 Å². The molecule has 4 atom stereocenters. The first-order chi connectivity index (χ1) is 17.6. The average Bonchev–Trinajstić information content (AvgIpc) is 3.38. The van der Waals surface area contributed by atoms with E-state index in [4.69, 9.17) is 0 Å². The first-order valence-corrected chi connectivity index (χ1v) is 12.3. The van der Waals surface area contributed by atoms with E-state index in [2.05, 4.69) is 25.9 Å². The van der Waals surface area contributed by atoms with E-state index in [1.165, 1.54) is 12.1 Å². The van der Waals surface area contributed by atoms with Crippen molar-refractivity contribution in [2.45, 2.75) is 34.3 Å². The van der Waals surface area contributed by atoms with Crippen molar-refractivity contribution in [3.63, 3.8) is 0 Å². The molecule has 4 rings (SSSR count). The van der Waals surface area contributed by atoms with E-state index in [0.29, 0.717) is 0 Å². The van der Waals surface area contributed by atoms with Crippen LogP contribution in [-0.4, -0.2) is 91.9 Å². The summed E-state index contributed by atoms with van der Waals surface area (Å²) in [5, 5.41) is 54.2. The number of rotatable bonds is 10. The lowest BCUT2D eigenvalue weighted by atomic mass is 9.99. The number of carboxylic acids is 2. The SMILES string of the molecule is O=C(O)CC(Sc1nn[nH]n1)C1=C(C(=O)O)N2C(=O)C(NC(=O)C(O)c3ccc([N+](=O)[O-])cc3)[C@@H]2SC1. The second kappa shape index (κ2) is 10.5. The highest BCUT2D eigenvalue weighted by Gasteiger charge is 2.55. The van der Waals surface area contributed by atoms with E-state index in [1.54, 1.807) is 0 Å². The third-order valence-electron chi connectivity index (χ3n) is 5.49. The molecule has 194 valence electrons. The number of carboxylic acid groups (broad SMARTS) is 2. The molecule has 1 aromatic heterocycles. The number of nitrogens with zero attached hydrogens (tertiary/aromatic N) is 5. The fourth-order valence-corrected chi connectivity index (χ4v) is 6.30. The van der Waals surface area contributed by atoms with E-state index in [9.17, 15) is 44.6 Å². The molecule has 16 nitrogen and oxygen atoms in total. The summed E-state index contributed by atoms with van der Waals surface area (Å²) in [6.07, 6.45) is -2.20. The summed E-state index contributed by atoms with van der Waals surface area (Å²) in [6.45, 7) is 0. The quantitative estimate of drug-likeness (QED) is 0.108. The maximum atomic E-state index is 12.9. The minimum absolute atomic E-state index is 0.0379. The number of nitrogens with one attached hydrogen (secondary N) is 2. The van der Waals surface area contributed by atoms with Gasteiger partial charge in [0.25, 0.3) is 17.5 Å². The highest BCUT2D eigenvalue weighted by molar-refractivity contribution is 8.01. The molecule has 1 saturated heterocycles. The summed E-state index contributed by atoms with van der Waals surface area (Å²) >= 11 is 2.00. The van der Waals surface area contributed by atoms with E-state index in [1.807, 2.05) is 0 Å². The average molecular weight is 552 g/mol. The number of aliphatic hydroxyl groups excluding tert-OH is 1. The zero-order valence-electron chi connectivity index (χ0n) is 18.4. The summed E-state index contributed by atoms with van der Waals surface area (Å²) in [5.74, 6) is -4.32. The number of nitro groups is 1. The molecule has 0 radical (unpaired) electrons. The van der Waals surface area contributed by atoms with Crippen LogP contribution >= 0.6 is 23.5 Å². The molecule has 5 N–H and O–H groups in total. The Kier molecular flexibility index (Phi) is 7.41. The number of H-pyrrole nitrogens is 1. The standard InChI is InChI=1S/C19H17N7O9S2/c27-11(28)5-10(37-19-21-23-24-22-19)9-6-36-17-12(16(31)25(17)13(9)18(32)33)20-15(30)14(29)7-1-3-8(4-2-7)26(34)35/h1-4,10,12,14,17,29H,5-6H2,(H,20,30)(H,27,28)(H,32,33)(H,21,22,23,24)/t10?,12?,14?,17-/m0/s1. The second-order valence-corrected chi connectivity index (χ2v) is 10.00. The van der Waals surface area contributed by atoms with Crippen LogP contribution in [0.5, 0.6) is 0 Å². The van der Waals surface area contributed by atoms with Gasteiger partial charge >= 0.3 is 11.9 Å². The maximum absolute atomic E-state index is 12.9. The number of nitro benzene ring substituents is 1. The topological polar surface area (TPSA) is 242 Å². The third kappa shape index (κ3) is 5.25. The maximum Gasteiger partial charge on any atom is 0.352 e. The molecule has 0 saturated carbocycles. The number of aliphatic hydroxyl groups is 1. The van der Waals surface area contributed by atoms with Crippen molar-refractivity contribution in [3.05, 3.63) is 51.2 Å². The summed E-state index contributed by atoms with van der Waals surface area (Å²) in [4.78, 5) is 60.2. The van der Waals surface area contributed by atoms with Crippen LogP contribution < -0.4 is 5.32 Å². The molecule has 2 aliphatic heterocycles. The second-order valence-electron chi connectivity index (χ2n) is 7.72. The fraction of sp³-hybridized carbons (Fsp3) is 0.316. The molecule has 2 aliphatic rings. The summed E-state index contributed by atoms with van der Waals surface area (Å²) in [6, 6.07) is 3.49. The molecular formula is C19H17N7O9S2. The normalized spacial score (nSPS) is 20.5. The van der Waals surface area contributed by atoms with Crippen LogP contribution in [0.4, 0.5) is 5.69 Å². The van der Waals surface area contributed by atoms with Crippen molar-refractivity contribution in [2.75, 3.05) is 5.75 Å². The Labute approximate surface area is 214 Å². The molecule has 2 amide bonds. The molecule has 1 aromatic carbocycles. The van der Waals surface area contributed by atoms with Gasteiger partial charge in [0.1, 0.15) is 17.1 Å². The van der Waals surface area contributed by atoms with Crippen LogP contribution in [0.15, 0.2) is 40.7 Å². The van der Waals surface area contributed by atoms with E-state index < -0.39 is 63.6 Å². The number of fused-ring (bicyclic) bond motifs is 1. The molecule has 1 fully saturated rings. The first-order valence-electron chi connectivity index (χ1n) is 10.3. The molecule has 0 spiro atoms. The van der Waals surface area contributed by atoms with Gasteiger partial charge in [-0.25, -0.2) is 4.79 Å². The Bertz CT molecular complexity index is 1290. The van der Waals surface area contributed by atoms with Crippen molar-refractivity contribution in [1.82, 2.24) is 30.8 Å². The van der Waals surface area contributed by atoms with Gasteiger partial charge in [0, 0.05) is 23.1 Å².